The van der Waals surface area contributed by atoms with Gasteiger partial charge in [-0.25, -0.2) is 9.78 Å². The molecule has 0 N–H and O–H groups in total. The minimum absolute atomic E-state index is 0.376. The summed E-state index contributed by atoms with van der Waals surface area (Å²) in [5.41, 5.74) is 1.08. The van der Waals surface area contributed by atoms with E-state index >= 15 is 0 Å². The highest BCUT2D eigenvalue weighted by atomic mass is 35.5. The first kappa shape index (κ1) is 17.8. The van der Waals surface area contributed by atoms with Crippen LogP contribution in [0, 0.1) is 0 Å². The molecule has 25 heavy (non-hydrogen) atoms. The van der Waals surface area contributed by atoms with Crippen LogP contribution in [-0.2, 0) is 11.3 Å². The van der Waals surface area contributed by atoms with Crippen LogP contribution in [0.2, 0.25) is 15.1 Å². The number of imidazole rings is 1. The summed E-state index contributed by atoms with van der Waals surface area (Å²) in [5, 5.41) is 1.49. The predicted octanol–water partition coefficient (Wildman–Crippen LogP) is 5.44. The van der Waals surface area contributed by atoms with Crippen molar-refractivity contribution < 1.29 is 9.53 Å². The van der Waals surface area contributed by atoms with Gasteiger partial charge in [0.2, 0.25) is 0 Å². The lowest BCUT2D eigenvalue weighted by molar-refractivity contribution is 0.0255. The summed E-state index contributed by atoms with van der Waals surface area (Å²) < 4.78 is 7.51. The molecule has 4 nitrogen and oxygen atoms in total. The van der Waals surface area contributed by atoms with Gasteiger partial charge in [-0.15, -0.1) is 0 Å². The predicted molar refractivity (Wildman–Crippen MR) is 98.3 cm³/mol. The van der Waals surface area contributed by atoms with E-state index in [1.54, 1.807) is 61.2 Å². The van der Waals surface area contributed by atoms with Crippen LogP contribution in [0.5, 0.6) is 0 Å². The first-order chi connectivity index (χ1) is 12.0. The number of aromatic nitrogens is 2. The SMILES string of the molecule is O=C(OC(Cn1ccnc1)c1ccc(Cl)cc1Cl)c1ccc(Cl)cc1. The summed E-state index contributed by atoms with van der Waals surface area (Å²) in [6.45, 7) is 0.376. The summed E-state index contributed by atoms with van der Waals surface area (Å²) in [7, 11) is 0. The lowest BCUT2D eigenvalue weighted by Gasteiger charge is -2.20. The van der Waals surface area contributed by atoms with Crippen molar-refractivity contribution >= 4 is 40.8 Å². The van der Waals surface area contributed by atoms with Gasteiger partial charge in [0.05, 0.1) is 18.4 Å². The molecule has 0 aliphatic heterocycles. The van der Waals surface area contributed by atoms with Crippen molar-refractivity contribution in [2.75, 3.05) is 0 Å². The van der Waals surface area contributed by atoms with E-state index in [1.165, 1.54) is 0 Å². The van der Waals surface area contributed by atoms with Gasteiger partial charge >= 0.3 is 5.97 Å². The molecule has 0 saturated heterocycles. The molecular formula is C18H13Cl3N2O2. The maximum atomic E-state index is 12.5. The molecule has 0 aliphatic rings. The fourth-order valence-corrected chi connectivity index (χ4v) is 2.99. The van der Waals surface area contributed by atoms with Gasteiger partial charge in [-0.1, -0.05) is 40.9 Å². The second kappa shape index (κ2) is 7.91. The molecular weight excluding hydrogens is 383 g/mol. The van der Waals surface area contributed by atoms with E-state index in [4.69, 9.17) is 39.5 Å². The average Bonchev–Trinajstić information content (AvgIpc) is 3.08. The molecule has 1 heterocycles. The molecule has 0 fully saturated rings. The summed E-state index contributed by atoms with van der Waals surface area (Å²) >= 11 is 18.1. The van der Waals surface area contributed by atoms with Crippen molar-refractivity contribution in [3.05, 3.63) is 87.4 Å². The normalized spacial score (nSPS) is 12.0. The molecule has 0 spiro atoms. The molecule has 1 aromatic heterocycles. The minimum Gasteiger partial charge on any atom is -0.452 e. The highest BCUT2D eigenvalue weighted by molar-refractivity contribution is 6.35. The highest BCUT2D eigenvalue weighted by Gasteiger charge is 2.21. The number of hydrogen-bond acceptors (Lipinski definition) is 3. The third-order valence-electron chi connectivity index (χ3n) is 3.57. The Balaban J connectivity index is 1.87. The number of nitrogens with zero attached hydrogens (tertiary/aromatic N) is 2. The molecule has 1 atom stereocenters. The zero-order valence-corrected chi connectivity index (χ0v) is 15.2. The van der Waals surface area contributed by atoms with Crippen LogP contribution in [-0.4, -0.2) is 15.5 Å². The van der Waals surface area contributed by atoms with Crippen LogP contribution in [0.25, 0.3) is 0 Å². The molecule has 2 aromatic carbocycles. The van der Waals surface area contributed by atoms with Crippen LogP contribution in [0.3, 0.4) is 0 Å². The summed E-state index contributed by atoms with van der Waals surface area (Å²) in [4.78, 5) is 16.5. The topological polar surface area (TPSA) is 44.1 Å². The van der Waals surface area contributed by atoms with Crippen LogP contribution >= 0.6 is 34.8 Å². The molecule has 0 radical (unpaired) electrons. The zero-order valence-electron chi connectivity index (χ0n) is 12.9. The Bertz CT molecular complexity index is 865. The summed E-state index contributed by atoms with van der Waals surface area (Å²) in [6.07, 6.45) is 4.49. The Morgan fingerprint density at radius 2 is 1.80 bits per heavy atom. The fourth-order valence-electron chi connectivity index (χ4n) is 2.33. The zero-order chi connectivity index (χ0) is 17.8. The highest BCUT2D eigenvalue weighted by Crippen LogP contribution is 2.30. The molecule has 7 heteroatoms. The van der Waals surface area contributed by atoms with Crippen molar-refractivity contribution in [1.82, 2.24) is 9.55 Å². The third-order valence-corrected chi connectivity index (χ3v) is 4.39. The van der Waals surface area contributed by atoms with Gasteiger partial charge in [0.25, 0.3) is 0 Å². The van der Waals surface area contributed by atoms with Crippen LogP contribution in [0.4, 0.5) is 0 Å². The number of rotatable bonds is 5. The molecule has 1 unspecified atom stereocenters. The maximum absolute atomic E-state index is 12.5. The van der Waals surface area contributed by atoms with E-state index in [2.05, 4.69) is 4.98 Å². The molecule has 0 aliphatic carbocycles. The van der Waals surface area contributed by atoms with Gasteiger partial charge in [0.1, 0.15) is 6.10 Å². The van der Waals surface area contributed by atoms with E-state index in [9.17, 15) is 4.79 Å². The lowest BCUT2D eigenvalue weighted by Crippen LogP contribution is -2.17. The summed E-state index contributed by atoms with van der Waals surface area (Å²) in [5.74, 6) is -0.465. The Morgan fingerprint density at radius 1 is 1.08 bits per heavy atom. The molecule has 3 aromatic rings. The monoisotopic (exact) mass is 394 g/mol. The average molecular weight is 396 g/mol. The molecule has 0 amide bonds. The van der Waals surface area contributed by atoms with Crippen LogP contribution < -0.4 is 0 Å². The second-order valence-electron chi connectivity index (χ2n) is 5.33. The van der Waals surface area contributed by atoms with Gasteiger partial charge < -0.3 is 9.30 Å². The Morgan fingerprint density at radius 3 is 2.44 bits per heavy atom. The minimum atomic E-state index is -0.595. The van der Waals surface area contributed by atoms with Crippen molar-refractivity contribution in [2.45, 2.75) is 12.6 Å². The Kier molecular flexibility index (Phi) is 5.63. The van der Waals surface area contributed by atoms with Crippen molar-refractivity contribution in [3.8, 4) is 0 Å². The largest absolute Gasteiger partial charge is 0.452 e. The van der Waals surface area contributed by atoms with Crippen molar-refractivity contribution in [1.29, 1.82) is 0 Å². The lowest BCUT2D eigenvalue weighted by atomic mass is 10.1. The van der Waals surface area contributed by atoms with E-state index in [0.717, 1.165) is 0 Å². The fraction of sp³-hybridized carbons (Fsp3) is 0.111. The number of carbonyl (C=O) groups is 1. The number of ether oxygens (including phenoxy) is 1. The van der Waals surface area contributed by atoms with E-state index in [0.29, 0.717) is 32.7 Å². The number of hydrogen-bond donors (Lipinski definition) is 0. The standard InChI is InChI=1S/C18H13Cl3N2O2/c19-13-3-1-12(2-4-13)18(24)25-17(10-23-8-7-22-11-23)15-6-5-14(20)9-16(15)21/h1-9,11,17H,10H2. The quantitative estimate of drug-likeness (QED) is 0.540. The first-order valence-electron chi connectivity index (χ1n) is 7.40. The van der Waals surface area contributed by atoms with Gasteiger partial charge in [-0.3, -0.25) is 0 Å². The number of carbonyl (C=O) groups excluding carboxylic acids is 1. The van der Waals surface area contributed by atoms with Crippen molar-refractivity contribution in [2.24, 2.45) is 0 Å². The maximum Gasteiger partial charge on any atom is 0.338 e. The Labute approximate surface area is 159 Å². The molecule has 0 saturated carbocycles. The molecule has 3 rings (SSSR count). The number of benzene rings is 2. The van der Waals surface area contributed by atoms with Gasteiger partial charge in [0, 0.05) is 33.0 Å². The van der Waals surface area contributed by atoms with E-state index < -0.39 is 12.1 Å². The van der Waals surface area contributed by atoms with E-state index in [1.807, 2.05) is 4.57 Å². The van der Waals surface area contributed by atoms with Gasteiger partial charge in [-0.2, -0.15) is 0 Å². The molecule has 128 valence electrons. The van der Waals surface area contributed by atoms with Crippen LogP contribution in [0.1, 0.15) is 22.0 Å². The van der Waals surface area contributed by atoms with Gasteiger partial charge in [-0.05, 0) is 36.4 Å². The first-order valence-corrected chi connectivity index (χ1v) is 8.53. The number of halogens is 3. The van der Waals surface area contributed by atoms with Gasteiger partial charge in [0.15, 0.2) is 0 Å². The third kappa shape index (κ3) is 4.54. The summed E-state index contributed by atoms with van der Waals surface area (Å²) in [6, 6.07) is 11.6. The van der Waals surface area contributed by atoms with Crippen LogP contribution in [0.15, 0.2) is 61.2 Å². The molecule has 0 bridgehead atoms. The van der Waals surface area contributed by atoms with E-state index in [-0.39, 0.29) is 0 Å². The smallest absolute Gasteiger partial charge is 0.338 e. The van der Waals surface area contributed by atoms with Crippen molar-refractivity contribution in [3.63, 3.8) is 0 Å². The second-order valence-corrected chi connectivity index (χ2v) is 6.61. The Hall–Kier alpha value is -2.01. The number of esters is 1.